The molecule has 10 heteroatoms. The summed E-state index contributed by atoms with van der Waals surface area (Å²) in [4.78, 5) is 25.5. The highest BCUT2D eigenvalue weighted by Gasteiger charge is 2.44. The number of nitrogens with one attached hydrogen (secondary N) is 1. The van der Waals surface area contributed by atoms with Crippen LogP contribution in [0.5, 0.6) is 0 Å². The number of aliphatic hydroxyl groups is 3. The zero-order valence-corrected chi connectivity index (χ0v) is 29.1. The number of imidazole rings is 1. The Kier molecular flexibility index (Phi) is 15.7. The molecule has 47 heavy (non-hydrogen) atoms. The molecule has 1 aliphatic rings. The average molecular weight is 650 g/mol. The molecule has 10 nitrogen and oxygen atoms in total. The Labute approximate surface area is 280 Å². The van der Waals surface area contributed by atoms with E-state index in [-0.39, 0.29) is 11.7 Å². The van der Waals surface area contributed by atoms with Crippen LogP contribution in [0.4, 0.5) is 5.82 Å². The number of anilines is 1. The van der Waals surface area contributed by atoms with Crippen LogP contribution in [0.3, 0.4) is 0 Å². The summed E-state index contributed by atoms with van der Waals surface area (Å²) in [5, 5.41) is 32.7. The Bertz CT molecular complexity index is 1470. The van der Waals surface area contributed by atoms with Crippen molar-refractivity contribution in [3.05, 3.63) is 70.9 Å². The number of carbonyl (C=O) groups excluding carboxylic acids is 1. The Morgan fingerprint density at radius 2 is 1.32 bits per heavy atom. The Hall–Kier alpha value is -3.44. The zero-order chi connectivity index (χ0) is 34.3. The monoisotopic (exact) mass is 649 g/mol. The van der Waals surface area contributed by atoms with E-state index >= 15 is 0 Å². The molecule has 1 aliphatic heterocycles. The highest BCUT2D eigenvalue weighted by Crippen LogP contribution is 2.32. The second kappa shape index (κ2) is 19.4. The van der Waals surface area contributed by atoms with Crippen molar-refractivity contribution in [2.45, 2.75) is 130 Å². The van der Waals surface area contributed by atoms with Crippen molar-refractivity contribution in [1.29, 1.82) is 0 Å². The molecule has 3 heterocycles. The van der Waals surface area contributed by atoms with Crippen LogP contribution >= 0.6 is 0 Å². The standard InChI is InChI=1S/C37H55N5O5/c1-25(2)12-9-15-28(5)18-10-16-26(3)13-7-8-14-27(4)17-11-19-29(6)20-21-31(44)41-35-32-36(39-23-38-35)42(24-40-32)37-34(46)33(45)30(22-43)47-37/h12-14,18-19,23-24,30,33-34,37,43,45-46H,7-11,15-17,20-22H2,1-6H3,(H,38,39,41,44)/b26-13+,27-14+,28-18+,29-19+/t30-,33-,34-,37-/m1/s1. The highest BCUT2D eigenvalue weighted by molar-refractivity contribution is 5.96. The largest absolute Gasteiger partial charge is 0.394 e. The molecule has 0 bridgehead atoms. The van der Waals surface area contributed by atoms with Gasteiger partial charge in [-0.3, -0.25) is 9.36 Å². The molecule has 0 unspecified atom stereocenters. The molecule has 4 N–H and O–H groups in total. The number of allylic oxidation sites excluding steroid dienone is 10. The van der Waals surface area contributed by atoms with Gasteiger partial charge in [-0.2, -0.15) is 0 Å². The van der Waals surface area contributed by atoms with Gasteiger partial charge in [-0.05, 0) is 99.3 Å². The predicted octanol–water partition coefficient (Wildman–Crippen LogP) is 7.03. The minimum atomic E-state index is -1.27. The minimum absolute atomic E-state index is 0.190. The minimum Gasteiger partial charge on any atom is -0.394 e. The maximum absolute atomic E-state index is 12.7. The van der Waals surface area contributed by atoms with Crippen LogP contribution < -0.4 is 5.32 Å². The number of rotatable bonds is 18. The zero-order valence-electron chi connectivity index (χ0n) is 29.1. The van der Waals surface area contributed by atoms with E-state index in [0.717, 1.165) is 56.9 Å². The van der Waals surface area contributed by atoms with Crippen molar-refractivity contribution in [2.75, 3.05) is 11.9 Å². The van der Waals surface area contributed by atoms with Gasteiger partial charge in [-0.25, -0.2) is 15.0 Å². The van der Waals surface area contributed by atoms with Crippen molar-refractivity contribution in [3.63, 3.8) is 0 Å². The molecule has 0 aliphatic carbocycles. The molecule has 2 aromatic heterocycles. The number of aliphatic hydroxyl groups excluding tert-OH is 3. The van der Waals surface area contributed by atoms with Crippen LogP contribution in [0.2, 0.25) is 0 Å². The van der Waals surface area contributed by atoms with Crippen molar-refractivity contribution in [1.82, 2.24) is 19.5 Å². The Morgan fingerprint density at radius 1 is 0.766 bits per heavy atom. The van der Waals surface area contributed by atoms with Gasteiger partial charge < -0.3 is 25.4 Å². The summed E-state index contributed by atoms with van der Waals surface area (Å²) >= 11 is 0. The molecule has 0 spiro atoms. The summed E-state index contributed by atoms with van der Waals surface area (Å²) in [5.74, 6) is 0.0702. The SMILES string of the molecule is CC(C)=CCC/C(C)=C/CC/C(C)=C/CC/C=C(\C)CC/C=C(\C)CCC(=O)Nc1ncnc2c1ncn2[C@@H]1O[C@H](CO)[C@@H](O)[C@H]1O. The number of amides is 1. The van der Waals surface area contributed by atoms with Gasteiger partial charge in [-0.15, -0.1) is 0 Å². The number of hydrogen-bond donors (Lipinski definition) is 4. The van der Waals surface area contributed by atoms with E-state index in [1.807, 2.05) is 6.92 Å². The maximum atomic E-state index is 12.7. The lowest BCUT2D eigenvalue weighted by Crippen LogP contribution is -2.33. The van der Waals surface area contributed by atoms with Crippen LogP contribution in [-0.2, 0) is 9.53 Å². The van der Waals surface area contributed by atoms with E-state index in [9.17, 15) is 20.1 Å². The lowest BCUT2D eigenvalue weighted by atomic mass is 10.0. The molecule has 0 saturated carbocycles. The smallest absolute Gasteiger partial charge is 0.225 e. The van der Waals surface area contributed by atoms with Gasteiger partial charge in [-0.1, -0.05) is 58.2 Å². The summed E-state index contributed by atoms with van der Waals surface area (Å²) in [5.41, 5.74) is 7.55. The van der Waals surface area contributed by atoms with Crippen LogP contribution in [0.15, 0.2) is 70.9 Å². The first kappa shape index (κ1) is 38.0. The van der Waals surface area contributed by atoms with Gasteiger partial charge in [0, 0.05) is 6.42 Å². The molecule has 3 rings (SSSR count). The molecule has 1 fully saturated rings. The van der Waals surface area contributed by atoms with E-state index in [1.165, 1.54) is 39.5 Å². The second-order valence-corrected chi connectivity index (χ2v) is 13.0. The van der Waals surface area contributed by atoms with Crippen LogP contribution in [0, 0.1) is 0 Å². The molecular formula is C37H55N5O5. The molecule has 2 aromatic rings. The van der Waals surface area contributed by atoms with Gasteiger partial charge in [0.25, 0.3) is 0 Å². The molecule has 0 aromatic carbocycles. The van der Waals surface area contributed by atoms with E-state index in [1.54, 1.807) is 0 Å². The average Bonchev–Trinajstić information content (AvgIpc) is 3.58. The number of nitrogens with zero attached hydrogens (tertiary/aromatic N) is 4. The number of aromatic nitrogens is 4. The van der Waals surface area contributed by atoms with Gasteiger partial charge in [0.2, 0.25) is 5.91 Å². The van der Waals surface area contributed by atoms with Crippen molar-refractivity contribution < 1.29 is 24.9 Å². The molecule has 0 radical (unpaired) electrons. The second-order valence-electron chi connectivity index (χ2n) is 13.0. The molecule has 4 atom stereocenters. The summed E-state index contributed by atoms with van der Waals surface area (Å²) in [7, 11) is 0. The highest BCUT2D eigenvalue weighted by atomic mass is 16.6. The molecular weight excluding hydrogens is 594 g/mol. The Balaban J connectivity index is 1.37. The molecule has 1 saturated heterocycles. The maximum Gasteiger partial charge on any atom is 0.225 e. The van der Waals surface area contributed by atoms with Crippen LogP contribution in [0.1, 0.15) is 112 Å². The summed E-state index contributed by atoms with van der Waals surface area (Å²) in [6.45, 7) is 12.6. The third-order valence-electron chi connectivity index (χ3n) is 8.46. The summed E-state index contributed by atoms with van der Waals surface area (Å²) in [6, 6.07) is 0. The predicted molar refractivity (Wildman–Crippen MR) is 188 cm³/mol. The van der Waals surface area contributed by atoms with E-state index in [0.29, 0.717) is 24.0 Å². The van der Waals surface area contributed by atoms with E-state index < -0.39 is 31.1 Å². The third-order valence-corrected chi connectivity index (χ3v) is 8.46. The molecule has 258 valence electrons. The first-order valence-corrected chi connectivity index (χ1v) is 16.9. The number of fused-ring (bicyclic) bond motifs is 1. The topological polar surface area (TPSA) is 143 Å². The number of unbranched alkanes of at least 4 members (excludes halogenated alkanes) is 1. The van der Waals surface area contributed by atoms with Crippen LogP contribution in [0.25, 0.3) is 11.2 Å². The van der Waals surface area contributed by atoms with Crippen molar-refractivity contribution in [3.8, 4) is 0 Å². The van der Waals surface area contributed by atoms with Gasteiger partial charge in [0.15, 0.2) is 23.2 Å². The fourth-order valence-corrected chi connectivity index (χ4v) is 5.49. The lowest BCUT2D eigenvalue weighted by molar-refractivity contribution is -0.116. The van der Waals surface area contributed by atoms with E-state index in [2.05, 4.69) is 85.3 Å². The van der Waals surface area contributed by atoms with Gasteiger partial charge in [0.1, 0.15) is 24.6 Å². The van der Waals surface area contributed by atoms with Gasteiger partial charge >= 0.3 is 0 Å². The summed E-state index contributed by atoms with van der Waals surface area (Å²) in [6.07, 6.45) is 19.4. The Morgan fingerprint density at radius 3 is 1.87 bits per heavy atom. The first-order valence-electron chi connectivity index (χ1n) is 16.9. The summed E-state index contributed by atoms with van der Waals surface area (Å²) < 4.78 is 7.06. The normalized spacial score (nSPS) is 21.0. The fourth-order valence-electron chi connectivity index (χ4n) is 5.49. The first-order chi connectivity index (χ1) is 22.5. The van der Waals surface area contributed by atoms with Crippen molar-refractivity contribution in [2.24, 2.45) is 0 Å². The van der Waals surface area contributed by atoms with Crippen molar-refractivity contribution >= 4 is 22.9 Å². The van der Waals surface area contributed by atoms with Crippen LogP contribution in [-0.4, -0.2) is 65.7 Å². The number of carbonyl (C=O) groups is 1. The molecule has 1 amide bonds. The van der Waals surface area contributed by atoms with E-state index in [4.69, 9.17) is 4.74 Å². The fraction of sp³-hybridized carbons (Fsp3) is 0.568. The lowest BCUT2D eigenvalue weighted by Gasteiger charge is -2.16. The number of hydrogen-bond acceptors (Lipinski definition) is 8. The van der Waals surface area contributed by atoms with Gasteiger partial charge in [0.05, 0.1) is 12.9 Å². The third kappa shape index (κ3) is 12.3. The number of ether oxygens (including phenoxy) is 1. The quantitative estimate of drug-likeness (QED) is 0.0996.